The average molecular weight is 426 g/mol. The number of hydrogen-bond acceptors (Lipinski definition) is 3. The van der Waals surface area contributed by atoms with Crippen LogP contribution >= 0.6 is 11.6 Å². The van der Waals surface area contributed by atoms with E-state index in [0.29, 0.717) is 19.3 Å². The van der Waals surface area contributed by atoms with Gasteiger partial charge in [0.1, 0.15) is 5.75 Å². The van der Waals surface area contributed by atoms with Gasteiger partial charge in [-0.15, -0.1) is 11.6 Å². The van der Waals surface area contributed by atoms with Crippen molar-refractivity contribution in [2.24, 2.45) is 5.41 Å². The molecule has 2 aromatic rings. The third-order valence-corrected chi connectivity index (χ3v) is 6.47. The molecule has 0 aromatic heterocycles. The summed E-state index contributed by atoms with van der Waals surface area (Å²) in [6, 6.07) is 17.8. The van der Waals surface area contributed by atoms with E-state index >= 15 is 0 Å². The fourth-order valence-corrected chi connectivity index (χ4v) is 4.80. The van der Waals surface area contributed by atoms with Crippen LogP contribution in [-0.2, 0) is 4.79 Å². The highest BCUT2D eigenvalue weighted by molar-refractivity contribution is 6.21. The SMILES string of the molecule is CCCCCOc1ccc(-c2ccc(C3C(Cl)CCCC3(C#N)C(=O)O)cc2)cc1. The maximum atomic E-state index is 12.0. The molecule has 0 heterocycles. The van der Waals surface area contributed by atoms with Gasteiger partial charge in [0.05, 0.1) is 12.7 Å². The quantitative estimate of drug-likeness (QED) is 0.392. The van der Waals surface area contributed by atoms with Crippen LogP contribution in [0.1, 0.15) is 56.9 Å². The molecule has 0 bridgehead atoms. The predicted octanol–water partition coefficient (Wildman–Crippen LogP) is 6.39. The van der Waals surface area contributed by atoms with E-state index in [1.54, 1.807) is 0 Å². The lowest BCUT2D eigenvalue weighted by atomic mass is 9.64. The molecule has 3 atom stereocenters. The monoisotopic (exact) mass is 425 g/mol. The Morgan fingerprint density at radius 1 is 1.17 bits per heavy atom. The third kappa shape index (κ3) is 4.63. The molecule has 0 saturated heterocycles. The highest BCUT2D eigenvalue weighted by Crippen LogP contribution is 2.49. The van der Waals surface area contributed by atoms with E-state index in [4.69, 9.17) is 16.3 Å². The van der Waals surface area contributed by atoms with E-state index in [1.807, 2.05) is 48.5 Å². The summed E-state index contributed by atoms with van der Waals surface area (Å²) in [6.07, 6.45) is 5.09. The molecule has 5 heteroatoms. The molecule has 158 valence electrons. The van der Waals surface area contributed by atoms with Crippen LogP contribution in [0, 0.1) is 16.7 Å². The number of nitrogens with zero attached hydrogens (tertiary/aromatic N) is 1. The van der Waals surface area contributed by atoms with E-state index in [9.17, 15) is 15.2 Å². The number of carboxylic acids is 1. The average Bonchev–Trinajstić information content (AvgIpc) is 2.77. The maximum Gasteiger partial charge on any atom is 0.324 e. The smallest absolute Gasteiger partial charge is 0.324 e. The van der Waals surface area contributed by atoms with Crippen molar-refractivity contribution in [3.63, 3.8) is 0 Å². The van der Waals surface area contributed by atoms with E-state index in [-0.39, 0.29) is 5.38 Å². The summed E-state index contributed by atoms with van der Waals surface area (Å²) < 4.78 is 5.77. The summed E-state index contributed by atoms with van der Waals surface area (Å²) in [5, 5.41) is 19.1. The van der Waals surface area contributed by atoms with Crippen molar-refractivity contribution in [2.45, 2.75) is 56.7 Å². The van der Waals surface area contributed by atoms with Gasteiger partial charge in [0.2, 0.25) is 0 Å². The molecule has 3 unspecified atom stereocenters. The lowest BCUT2D eigenvalue weighted by molar-refractivity contribution is -0.148. The summed E-state index contributed by atoms with van der Waals surface area (Å²) in [4.78, 5) is 12.0. The van der Waals surface area contributed by atoms with Crippen LogP contribution < -0.4 is 4.74 Å². The van der Waals surface area contributed by atoms with Gasteiger partial charge >= 0.3 is 5.97 Å². The minimum absolute atomic E-state index is 0.328. The minimum Gasteiger partial charge on any atom is -0.494 e. The van der Waals surface area contributed by atoms with Gasteiger partial charge < -0.3 is 9.84 Å². The van der Waals surface area contributed by atoms with Gasteiger partial charge in [-0.1, -0.05) is 56.2 Å². The Morgan fingerprint density at radius 2 is 1.80 bits per heavy atom. The number of halogens is 1. The van der Waals surface area contributed by atoms with Gasteiger partial charge in [-0.05, 0) is 54.5 Å². The Kier molecular flexibility index (Phi) is 7.39. The van der Waals surface area contributed by atoms with Crippen LogP contribution in [0.3, 0.4) is 0 Å². The molecule has 0 spiro atoms. The molecular weight excluding hydrogens is 398 g/mol. The maximum absolute atomic E-state index is 12.0. The number of carbonyl (C=O) groups is 1. The van der Waals surface area contributed by atoms with Gasteiger partial charge in [-0.2, -0.15) is 5.26 Å². The molecule has 1 saturated carbocycles. The standard InChI is InChI=1S/C25H28ClNO3/c1-2-3-4-16-30-21-13-11-19(12-14-21)18-7-9-20(10-8-18)23-22(26)6-5-15-25(23,17-27)24(28)29/h7-14,22-23H,2-6,15-16H2,1H3,(H,28,29). The fraction of sp³-hybridized carbons (Fsp3) is 0.440. The van der Waals surface area contributed by atoms with E-state index in [0.717, 1.165) is 35.5 Å². The van der Waals surface area contributed by atoms with Crippen LogP contribution in [0.25, 0.3) is 11.1 Å². The number of alkyl halides is 1. The molecule has 0 radical (unpaired) electrons. The first-order valence-corrected chi connectivity index (χ1v) is 11.1. The van der Waals surface area contributed by atoms with Crippen molar-refractivity contribution in [1.82, 2.24) is 0 Å². The number of nitriles is 1. The Labute approximate surface area is 183 Å². The van der Waals surface area contributed by atoms with Crippen LogP contribution in [0.5, 0.6) is 5.75 Å². The zero-order valence-corrected chi connectivity index (χ0v) is 18.1. The van der Waals surface area contributed by atoms with Gasteiger partial charge in [0, 0.05) is 11.3 Å². The minimum atomic E-state index is -1.47. The molecule has 1 aliphatic rings. The molecule has 4 nitrogen and oxygen atoms in total. The number of aliphatic carboxylic acids is 1. The second-order valence-corrected chi connectivity index (χ2v) is 8.54. The molecule has 30 heavy (non-hydrogen) atoms. The topological polar surface area (TPSA) is 70.3 Å². The van der Waals surface area contributed by atoms with Gasteiger partial charge in [0.15, 0.2) is 5.41 Å². The zero-order chi connectivity index (χ0) is 21.6. The lowest BCUT2D eigenvalue weighted by Crippen LogP contribution is -2.43. The molecule has 1 N–H and O–H groups in total. The summed E-state index contributed by atoms with van der Waals surface area (Å²) >= 11 is 6.53. The number of rotatable bonds is 8. The zero-order valence-electron chi connectivity index (χ0n) is 17.3. The van der Waals surface area contributed by atoms with E-state index in [2.05, 4.69) is 13.0 Å². The highest BCUT2D eigenvalue weighted by Gasteiger charge is 2.52. The third-order valence-electron chi connectivity index (χ3n) is 6.00. The van der Waals surface area contributed by atoms with Crippen molar-refractivity contribution >= 4 is 17.6 Å². The van der Waals surface area contributed by atoms with Crippen LogP contribution in [0.4, 0.5) is 0 Å². The number of benzene rings is 2. The van der Waals surface area contributed by atoms with Gasteiger partial charge in [0.25, 0.3) is 0 Å². The lowest BCUT2D eigenvalue weighted by Gasteiger charge is -2.39. The van der Waals surface area contributed by atoms with Gasteiger partial charge in [-0.25, -0.2) is 0 Å². The predicted molar refractivity (Wildman–Crippen MR) is 119 cm³/mol. The van der Waals surface area contributed by atoms with E-state index in [1.165, 1.54) is 12.8 Å². The Hall–Kier alpha value is -2.51. The molecule has 2 aromatic carbocycles. The number of unbranched alkanes of at least 4 members (excludes halogenated alkanes) is 2. The van der Waals surface area contributed by atoms with Gasteiger partial charge in [-0.3, -0.25) is 4.79 Å². The van der Waals surface area contributed by atoms with Crippen molar-refractivity contribution in [3.05, 3.63) is 54.1 Å². The van der Waals surface area contributed by atoms with Crippen molar-refractivity contribution < 1.29 is 14.6 Å². The van der Waals surface area contributed by atoms with Crippen molar-refractivity contribution in [3.8, 4) is 22.9 Å². The molecule has 1 aliphatic carbocycles. The molecule has 3 rings (SSSR count). The number of ether oxygens (including phenoxy) is 1. The Balaban J connectivity index is 1.77. The summed E-state index contributed by atoms with van der Waals surface area (Å²) in [5.41, 5.74) is 1.41. The van der Waals surface area contributed by atoms with Crippen LogP contribution in [0.15, 0.2) is 48.5 Å². The first-order valence-electron chi connectivity index (χ1n) is 10.6. The second-order valence-electron chi connectivity index (χ2n) is 7.98. The second kappa shape index (κ2) is 10.00. The summed E-state index contributed by atoms with van der Waals surface area (Å²) in [7, 11) is 0. The largest absolute Gasteiger partial charge is 0.494 e. The molecule has 1 fully saturated rings. The Bertz CT molecular complexity index is 888. The van der Waals surface area contributed by atoms with Crippen LogP contribution in [-0.4, -0.2) is 23.1 Å². The van der Waals surface area contributed by atoms with Crippen LogP contribution in [0.2, 0.25) is 0 Å². The molecule has 0 amide bonds. The number of carboxylic acid groups (broad SMARTS) is 1. The van der Waals surface area contributed by atoms with Crippen molar-refractivity contribution in [1.29, 1.82) is 5.26 Å². The fourth-order valence-electron chi connectivity index (χ4n) is 4.28. The van der Waals surface area contributed by atoms with Crippen molar-refractivity contribution in [2.75, 3.05) is 6.61 Å². The number of hydrogen-bond donors (Lipinski definition) is 1. The Morgan fingerprint density at radius 3 is 2.37 bits per heavy atom. The molecular formula is C25H28ClNO3. The summed E-state index contributed by atoms with van der Waals surface area (Å²) in [6.45, 7) is 2.90. The first-order chi connectivity index (χ1) is 14.5. The molecule has 0 aliphatic heterocycles. The summed E-state index contributed by atoms with van der Waals surface area (Å²) in [5.74, 6) is -0.749. The highest BCUT2D eigenvalue weighted by atomic mass is 35.5. The first kappa shape index (κ1) is 22.2. The normalized spacial score (nSPS) is 23.5. The van der Waals surface area contributed by atoms with E-state index < -0.39 is 17.3 Å².